The van der Waals surface area contributed by atoms with Gasteiger partial charge >= 0.3 is 0 Å². The standard InChI is InChI=1S/C16H19N3O2S/c1-21-13-3-4-15(20)11(7-13)9-19-6-5-14-12(10-19)8-17-16(18-14)22-2/h3-4,7-8,20H,5-6,9-10H2,1-2H3. The lowest BCUT2D eigenvalue weighted by atomic mass is 10.1. The predicted molar refractivity (Wildman–Crippen MR) is 86.3 cm³/mol. The molecule has 1 aromatic carbocycles. The van der Waals surface area contributed by atoms with Gasteiger partial charge in [0.1, 0.15) is 11.5 Å². The minimum Gasteiger partial charge on any atom is -0.508 e. The molecule has 1 aliphatic heterocycles. The minimum absolute atomic E-state index is 0.306. The predicted octanol–water partition coefficient (Wildman–Crippen LogP) is 2.47. The van der Waals surface area contributed by atoms with Gasteiger partial charge in [-0.15, -0.1) is 0 Å². The summed E-state index contributed by atoms with van der Waals surface area (Å²) in [6, 6.07) is 5.33. The molecule has 1 N–H and O–H groups in total. The summed E-state index contributed by atoms with van der Waals surface area (Å²) in [5.41, 5.74) is 3.20. The van der Waals surface area contributed by atoms with Crippen molar-refractivity contribution in [2.75, 3.05) is 19.9 Å². The number of hydrogen-bond acceptors (Lipinski definition) is 6. The Hall–Kier alpha value is -1.79. The largest absolute Gasteiger partial charge is 0.508 e. The maximum Gasteiger partial charge on any atom is 0.187 e. The van der Waals surface area contributed by atoms with Crippen LogP contribution in [-0.2, 0) is 19.5 Å². The number of nitrogens with zero attached hydrogens (tertiary/aromatic N) is 3. The van der Waals surface area contributed by atoms with Gasteiger partial charge in [-0.3, -0.25) is 4.90 Å². The number of benzene rings is 1. The van der Waals surface area contributed by atoms with Crippen molar-refractivity contribution in [3.63, 3.8) is 0 Å². The minimum atomic E-state index is 0.306. The van der Waals surface area contributed by atoms with E-state index in [1.165, 1.54) is 5.56 Å². The zero-order valence-corrected chi connectivity index (χ0v) is 13.6. The monoisotopic (exact) mass is 317 g/mol. The zero-order valence-electron chi connectivity index (χ0n) is 12.7. The fraction of sp³-hybridized carbons (Fsp3) is 0.375. The van der Waals surface area contributed by atoms with E-state index in [4.69, 9.17) is 4.74 Å². The lowest BCUT2D eigenvalue weighted by Gasteiger charge is -2.28. The first kappa shape index (κ1) is 15.1. The Kier molecular flexibility index (Phi) is 4.49. The molecule has 0 atom stereocenters. The number of methoxy groups -OCH3 is 1. The van der Waals surface area contributed by atoms with Gasteiger partial charge in [-0.1, -0.05) is 11.8 Å². The molecule has 22 heavy (non-hydrogen) atoms. The molecule has 0 unspecified atom stereocenters. The number of rotatable bonds is 4. The average Bonchev–Trinajstić information content (AvgIpc) is 2.56. The van der Waals surface area contributed by atoms with Crippen molar-refractivity contribution in [1.29, 1.82) is 0 Å². The number of ether oxygens (including phenoxy) is 1. The molecule has 2 heterocycles. The summed E-state index contributed by atoms with van der Waals surface area (Å²) in [6.07, 6.45) is 4.82. The molecule has 0 saturated heterocycles. The number of aromatic nitrogens is 2. The summed E-state index contributed by atoms with van der Waals surface area (Å²) in [7, 11) is 1.63. The Balaban J connectivity index is 1.75. The topological polar surface area (TPSA) is 58.5 Å². The third-order valence-electron chi connectivity index (χ3n) is 3.85. The van der Waals surface area contributed by atoms with Crippen LogP contribution in [0.25, 0.3) is 0 Å². The maximum atomic E-state index is 10.0. The number of fused-ring (bicyclic) bond motifs is 1. The second kappa shape index (κ2) is 6.54. The van der Waals surface area contributed by atoms with Crippen molar-refractivity contribution in [2.45, 2.75) is 24.7 Å². The first-order valence-electron chi connectivity index (χ1n) is 7.16. The van der Waals surface area contributed by atoms with Crippen LogP contribution in [0.5, 0.6) is 11.5 Å². The third-order valence-corrected chi connectivity index (χ3v) is 4.42. The number of phenolic OH excluding ortho intramolecular Hbond substituents is 1. The van der Waals surface area contributed by atoms with Crippen LogP contribution in [0, 0.1) is 0 Å². The number of phenols is 1. The van der Waals surface area contributed by atoms with E-state index in [-0.39, 0.29) is 0 Å². The van der Waals surface area contributed by atoms with Crippen molar-refractivity contribution < 1.29 is 9.84 Å². The molecule has 5 nitrogen and oxygen atoms in total. The summed E-state index contributed by atoms with van der Waals surface area (Å²) in [4.78, 5) is 11.2. The lowest BCUT2D eigenvalue weighted by Crippen LogP contribution is -2.31. The van der Waals surface area contributed by atoms with Crippen LogP contribution in [0.1, 0.15) is 16.8 Å². The fourth-order valence-corrected chi connectivity index (χ4v) is 3.01. The van der Waals surface area contributed by atoms with E-state index < -0.39 is 0 Å². The zero-order chi connectivity index (χ0) is 15.5. The van der Waals surface area contributed by atoms with Gasteiger partial charge in [0.15, 0.2) is 5.16 Å². The highest BCUT2D eigenvalue weighted by molar-refractivity contribution is 7.98. The number of thioether (sulfide) groups is 1. The quantitative estimate of drug-likeness (QED) is 0.690. The number of hydrogen-bond donors (Lipinski definition) is 1. The molecular weight excluding hydrogens is 298 g/mol. The van der Waals surface area contributed by atoms with E-state index in [9.17, 15) is 5.11 Å². The summed E-state index contributed by atoms with van der Waals surface area (Å²) in [5, 5.41) is 10.8. The van der Waals surface area contributed by atoms with Gasteiger partial charge in [0.05, 0.1) is 12.8 Å². The van der Waals surface area contributed by atoms with Gasteiger partial charge in [0.2, 0.25) is 0 Å². The van der Waals surface area contributed by atoms with E-state index >= 15 is 0 Å². The molecule has 0 aliphatic carbocycles. The lowest BCUT2D eigenvalue weighted by molar-refractivity contribution is 0.238. The Morgan fingerprint density at radius 3 is 3.05 bits per heavy atom. The molecule has 2 aromatic rings. The second-order valence-electron chi connectivity index (χ2n) is 5.28. The molecule has 0 radical (unpaired) electrons. The summed E-state index contributed by atoms with van der Waals surface area (Å²) in [5.74, 6) is 1.07. The highest BCUT2D eigenvalue weighted by Gasteiger charge is 2.19. The SMILES string of the molecule is COc1ccc(O)c(CN2CCc3nc(SC)ncc3C2)c1. The molecule has 1 aliphatic rings. The van der Waals surface area contributed by atoms with Crippen molar-refractivity contribution in [1.82, 2.24) is 14.9 Å². The molecule has 0 fully saturated rings. The smallest absolute Gasteiger partial charge is 0.187 e. The van der Waals surface area contributed by atoms with Gasteiger partial charge in [0, 0.05) is 43.4 Å². The van der Waals surface area contributed by atoms with Crippen LogP contribution in [0.2, 0.25) is 0 Å². The van der Waals surface area contributed by atoms with Crippen LogP contribution in [0.4, 0.5) is 0 Å². The van der Waals surface area contributed by atoms with Crippen molar-refractivity contribution in [3.8, 4) is 11.5 Å². The molecule has 6 heteroatoms. The van der Waals surface area contributed by atoms with Crippen LogP contribution < -0.4 is 4.74 Å². The summed E-state index contributed by atoms with van der Waals surface area (Å²) in [6.45, 7) is 2.42. The van der Waals surface area contributed by atoms with Crippen LogP contribution in [0.3, 0.4) is 0 Å². The summed E-state index contributed by atoms with van der Waals surface area (Å²) >= 11 is 1.57. The van der Waals surface area contributed by atoms with Crippen molar-refractivity contribution in [2.24, 2.45) is 0 Å². The molecule has 0 saturated carbocycles. The first-order chi connectivity index (χ1) is 10.7. The highest BCUT2D eigenvalue weighted by Crippen LogP contribution is 2.26. The summed E-state index contributed by atoms with van der Waals surface area (Å²) < 4.78 is 5.23. The van der Waals surface area contributed by atoms with Gasteiger partial charge in [-0.2, -0.15) is 0 Å². The van der Waals surface area contributed by atoms with Gasteiger partial charge in [0.25, 0.3) is 0 Å². The van der Waals surface area contributed by atoms with E-state index in [1.54, 1.807) is 31.0 Å². The Morgan fingerprint density at radius 2 is 2.27 bits per heavy atom. The van der Waals surface area contributed by atoms with E-state index in [0.29, 0.717) is 12.3 Å². The van der Waals surface area contributed by atoms with E-state index in [1.807, 2.05) is 18.5 Å². The molecule has 0 bridgehead atoms. The molecule has 0 spiro atoms. The van der Waals surface area contributed by atoms with E-state index in [0.717, 1.165) is 41.7 Å². The fourth-order valence-electron chi connectivity index (χ4n) is 2.65. The molecule has 116 valence electrons. The molecule has 0 amide bonds. The Labute approximate surface area is 134 Å². The number of aromatic hydroxyl groups is 1. The first-order valence-corrected chi connectivity index (χ1v) is 8.39. The van der Waals surface area contributed by atoms with Crippen molar-refractivity contribution >= 4 is 11.8 Å². The normalized spacial score (nSPS) is 14.6. The molecular formula is C16H19N3O2S. The van der Waals surface area contributed by atoms with Gasteiger partial charge in [-0.25, -0.2) is 9.97 Å². The van der Waals surface area contributed by atoms with E-state index in [2.05, 4.69) is 14.9 Å². The second-order valence-corrected chi connectivity index (χ2v) is 6.06. The molecule has 3 rings (SSSR count). The van der Waals surface area contributed by atoms with Gasteiger partial charge in [-0.05, 0) is 24.5 Å². The Morgan fingerprint density at radius 1 is 1.41 bits per heavy atom. The van der Waals surface area contributed by atoms with Gasteiger partial charge < -0.3 is 9.84 Å². The maximum absolute atomic E-state index is 10.0. The van der Waals surface area contributed by atoms with Crippen LogP contribution in [0.15, 0.2) is 29.6 Å². The molecule has 1 aromatic heterocycles. The van der Waals surface area contributed by atoms with Crippen molar-refractivity contribution in [3.05, 3.63) is 41.2 Å². The average molecular weight is 317 g/mol. The highest BCUT2D eigenvalue weighted by atomic mass is 32.2. The Bertz CT molecular complexity index is 678. The van der Waals surface area contributed by atoms with Crippen LogP contribution >= 0.6 is 11.8 Å². The van der Waals surface area contributed by atoms with Crippen LogP contribution in [-0.4, -0.2) is 39.9 Å². The third kappa shape index (κ3) is 3.18.